The molecular formula is C12H18O. The van der Waals surface area contributed by atoms with Crippen LogP contribution in [0.15, 0.2) is 24.3 Å². The van der Waals surface area contributed by atoms with E-state index in [4.69, 9.17) is 0 Å². The molecule has 0 aliphatic heterocycles. The first-order valence-electron chi connectivity index (χ1n) is 5.14. The van der Waals surface area contributed by atoms with Crippen LogP contribution in [0, 0.1) is 0 Å². The van der Waals surface area contributed by atoms with Gasteiger partial charge in [-0.25, -0.2) is 0 Å². The number of rotatable bonds is 0. The Hall–Kier alpha value is -0.820. The second kappa shape index (κ2) is 5.03. The van der Waals surface area contributed by atoms with Gasteiger partial charge < -0.3 is 5.11 Å². The number of hydrogen-bond acceptors (Lipinski definition) is 1. The van der Waals surface area contributed by atoms with E-state index in [2.05, 4.69) is 6.07 Å². The average molecular weight is 178 g/mol. The maximum absolute atomic E-state index is 9.56. The number of aliphatic hydroxyl groups excluding tert-OH is 1. The van der Waals surface area contributed by atoms with Crippen LogP contribution >= 0.6 is 0 Å². The molecule has 13 heavy (non-hydrogen) atoms. The second-order valence-electron chi connectivity index (χ2n) is 3.11. The Kier molecular flexibility index (Phi) is 3.97. The molecular weight excluding hydrogens is 160 g/mol. The van der Waals surface area contributed by atoms with Crippen LogP contribution in [0.3, 0.4) is 0 Å². The van der Waals surface area contributed by atoms with Gasteiger partial charge >= 0.3 is 0 Å². The van der Waals surface area contributed by atoms with Gasteiger partial charge in [0.2, 0.25) is 0 Å². The molecule has 0 bridgehead atoms. The molecule has 1 nitrogen and oxygen atoms in total. The lowest BCUT2D eigenvalue weighted by molar-refractivity contribution is 0.156. The molecule has 0 aromatic heterocycles. The van der Waals surface area contributed by atoms with Gasteiger partial charge in [0.25, 0.3) is 0 Å². The standard InChI is InChI=1S/C10H12O.C2H6/c11-10-7-3-5-8-4-1-2-6-9(8)10;1-2/h1-2,4,6,10-11H,3,5,7H2;1-2H3. The summed E-state index contributed by atoms with van der Waals surface area (Å²) in [5, 5.41) is 9.56. The third-order valence-corrected chi connectivity index (χ3v) is 2.34. The summed E-state index contributed by atoms with van der Waals surface area (Å²) >= 11 is 0. The summed E-state index contributed by atoms with van der Waals surface area (Å²) in [5.41, 5.74) is 2.46. The molecule has 1 N–H and O–H groups in total. The Bertz CT molecular complexity index is 255. The monoisotopic (exact) mass is 178 g/mol. The van der Waals surface area contributed by atoms with Crippen molar-refractivity contribution in [1.82, 2.24) is 0 Å². The quantitative estimate of drug-likeness (QED) is 0.647. The van der Waals surface area contributed by atoms with Crippen LogP contribution in [0.4, 0.5) is 0 Å². The molecule has 0 spiro atoms. The lowest BCUT2D eigenvalue weighted by atomic mass is 9.90. The van der Waals surface area contributed by atoms with Crippen LogP contribution in [0.5, 0.6) is 0 Å². The van der Waals surface area contributed by atoms with Crippen molar-refractivity contribution in [2.24, 2.45) is 0 Å². The molecule has 72 valence electrons. The lowest BCUT2D eigenvalue weighted by Gasteiger charge is -2.20. The number of aryl methyl sites for hydroxylation is 1. The fourth-order valence-corrected chi connectivity index (χ4v) is 1.73. The summed E-state index contributed by atoms with van der Waals surface area (Å²) < 4.78 is 0. The minimum atomic E-state index is -0.208. The van der Waals surface area contributed by atoms with E-state index in [1.807, 2.05) is 32.0 Å². The van der Waals surface area contributed by atoms with Gasteiger partial charge in [-0.3, -0.25) is 0 Å². The average Bonchev–Trinajstić information content (AvgIpc) is 2.22. The van der Waals surface area contributed by atoms with Crippen molar-refractivity contribution in [3.63, 3.8) is 0 Å². The minimum absolute atomic E-state index is 0.208. The zero-order chi connectivity index (χ0) is 9.68. The highest BCUT2D eigenvalue weighted by atomic mass is 16.3. The first-order chi connectivity index (χ1) is 6.38. The Labute approximate surface area is 80.4 Å². The Balaban J connectivity index is 0.000000396. The molecule has 1 aromatic carbocycles. The zero-order valence-corrected chi connectivity index (χ0v) is 8.46. The molecule has 0 amide bonds. The molecule has 1 heteroatoms. The van der Waals surface area contributed by atoms with Crippen molar-refractivity contribution in [3.8, 4) is 0 Å². The molecule has 1 atom stereocenters. The van der Waals surface area contributed by atoms with E-state index in [0.717, 1.165) is 24.8 Å². The van der Waals surface area contributed by atoms with Crippen molar-refractivity contribution < 1.29 is 5.11 Å². The predicted molar refractivity (Wildman–Crippen MR) is 55.7 cm³/mol. The molecule has 1 aromatic rings. The summed E-state index contributed by atoms with van der Waals surface area (Å²) in [5.74, 6) is 0. The van der Waals surface area contributed by atoms with Crippen LogP contribution < -0.4 is 0 Å². The molecule has 1 aliphatic rings. The SMILES string of the molecule is CC.OC1CCCc2ccccc21. The van der Waals surface area contributed by atoms with E-state index in [1.54, 1.807) is 0 Å². The maximum atomic E-state index is 9.56. The largest absolute Gasteiger partial charge is 0.388 e. The molecule has 0 fully saturated rings. The van der Waals surface area contributed by atoms with Crippen LogP contribution in [-0.4, -0.2) is 5.11 Å². The molecule has 0 saturated heterocycles. The van der Waals surface area contributed by atoms with Gasteiger partial charge in [0.05, 0.1) is 6.10 Å². The van der Waals surface area contributed by atoms with Gasteiger partial charge in [-0.05, 0) is 30.4 Å². The highest BCUT2D eigenvalue weighted by Gasteiger charge is 2.15. The van der Waals surface area contributed by atoms with Gasteiger partial charge in [-0.1, -0.05) is 38.1 Å². The van der Waals surface area contributed by atoms with E-state index >= 15 is 0 Å². The van der Waals surface area contributed by atoms with E-state index in [1.165, 1.54) is 5.56 Å². The van der Waals surface area contributed by atoms with Gasteiger partial charge in [0.1, 0.15) is 0 Å². The first kappa shape index (κ1) is 10.3. The van der Waals surface area contributed by atoms with Crippen LogP contribution in [0.2, 0.25) is 0 Å². The smallest absolute Gasteiger partial charge is 0.0792 e. The van der Waals surface area contributed by atoms with Crippen molar-refractivity contribution >= 4 is 0 Å². The summed E-state index contributed by atoms with van der Waals surface area (Å²) in [4.78, 5) is 0. The summed E-state index contributed by atoms with van der Waals surface area (Å²) in [6.45, 7) is 4.00. The topological polar surface area (TPSA) is 20.2 Å². The fourth-order valence-electron chi connectivity index (χ4n) is 1.73. The highest BCUT2D eigenvalue weighted by molar-refractivity contribution is 5.30. The predicted octanol–water partition coefficient (Wildman–Crippen LogP) is 3.08. The van der Waals surface area contributed by atoms with Gasteiger partial charge in [-0.15, -0.1) is 0 Å². The van der Waals surface area contributed by atoms with Crippen molar-refractivity contribution in [2.75, 3.05) is 0 Å². The van der Waals surface area contributed by atoms with Gasteiger partial charge in [0.15, 0.2) is 0 Å². The first-order valence-corrected chi connectivity index (χ1v) is 5.14. The Morgan fingerprint density at radius 3 is 2.62 bits per heavy atom. The van der Waals surface area contributed by atoms with E-state index in [0.29, 0.717) is 0 Å². The molecule has 1 aliphatic carbocycles. The second-order valence-corrected chi connectivity index (χ2v) is 3.11. The van der Waals surface area contributed by atoms with Crippen molar-refractivity contribution in [2.45, 2.75) is 39.2 Å². The lowest BCUT2D eigenvalue weighted by Crippen LogP contribution is -2.08. The molecule has 2 rings (SSSR count). The molecule has 1 unspecified atom stereocenters. The zero-order valence-electron chi connectivity index (χ0n) is 8.46. The van der Waals surface area contributed by atoms with Gasteiger partial charge in [-0.2, -0.15) is 0 Å². The third-order valence-electron chi connectivity index (χ3n) is 2.34. The summed E-state index contributed by atoms with van der Waals surface area (Å²) in [6, 6.07) is 8.17. The van der Waals surface area contributed by atoms with Gasteiger partial charge in [0, 0.05) is 0 Å². The fraction of sp³-hybridized carbons (Fsp3) is 0.500. The molecule has 0 radical (unpaired) electrons. The minimum Gasteiger partial charge on any atom is -0.388 e. The maximum Gasteiger partial charge on any atom is 0.0792 e. The van der Waals surface area contributed by atoms with E-state index in [9.17, 15) is 5.11 Å². The summed E-state index contributed by atoms with van der Waals surface area (Å²) in [6.07, 6.45) is 2.97. The summed E-state index contributed by atoms with van der Waals surface area (Å²) in [7, 11) is 0. The molecule has 0 heterocycles. The Morgan fingerprint density at radius 1 is 1.23 bits per heavy atom. The van der Waals surface area contributed by atoms with Crippen molar-refractivity contribution in [1.29, 1.82) is 0 Å². The number of fused-ring (bicyclic) bond motifs is 1. The van der Waals surface area contributed by atoms with Crippen LogP contribution in [0.1, 0.15) is 43.9 Å². The number of benzene rings is 1. The van der Waals surface area contributed by atoms with Crippen molar-refractivity contribution in [3.05, 3.63) is 35.4 Å². The van der Waals surface area contributed by atoms with E-state index < -0.39 is 0 Å². The number of aliphatic hydroxyl groups is 1. The number of hydrogen-bond donors (Lipinski definition) is 1. The van der Waals surface area contributed by atoms with E-state index in [-0.39, 0.29) is 6.10 Å². The normalized spacial score (nSPS) is 19.8. The van der Waals surface area contributed by atoms with Crippen LogP contribution in [0.25, 0.3) is 0 Å². The Morgan fingerprint density at radius 2 is 1.92 bits per heavy atom. The van der Waals surface area contributed by atoms with Crippen LogP contribution in [-0.2, 0) is 6.42 Å². The molecule has 0 saturated carbocycles. The third kappa shape index (κ3) is 2.31. The highest BCUT2D eigenvalue weighted by Crippen LogP contribution is 2.28.